The third-order valence-corrected chi connectivity index (χ3v) is 2.94. The number of pyridine rings is 1. The number of thiazole rings is 1. The van der Waals surface area contributed by atoms with Crippen molar-refractivity contribution in [1.29, 1.82) is 0 Å². The summed E-state index contributed by atoms with van der Waals surface area (Å²) in [6.45, 7) is 0.955. The molecule has 0 aromatic carbocycles. The molecular weight excluding hydrogens is 254 g/mol. The van der Waals surface area contributed by atoms with Crippen LogP contribution in [0.25, 0.3) is 0 Å². The minimum Gasteiger partial charge on any atom is -0.477 e. The molecule has 3 N–H and O–H groups in total. The van der Waals surface area contributed by atoms with E-state index in [0.29, 0.717) is 18.8 Å². The first-order chi connectivity index (χ1) is 8.65. The van der Waals surface area contributed by atoms with Crippen LogP contribution in [0.1, 0.15) is 21.9 Å². The Balaban J connectivity index is 1.92. The lowest BCUT2D eigenvalue weighted by atomic mass is 10.3. The molecule has 6 nitrogen and oxygen atoms in total. The van der Waals surface area contributed by atoms with E-state index in [1.807, 2.05) is 0 Å². The summed E-state index contributed by atoms with van der Waals surface area (Å²) in [5, 5.41) is 13.6. The minimum absolute atomic E-state index is 0.0261. The van der Waals surface area contributed by atoms with E-state index in [1.54, 1.807) is 17.5 Å². The van der Waals surface area contributed by atoms with Gasteiger partial charge in [0.2, 0.25) is 0 Å². The van der Waals surface area contributed by atoms with Crippen LogP contribution in [0, 0.1) is 0 Å². The fourth-order valence-electron chi connectivity index (χ4n) is 1.42. The molecule has 2 heterocycles. The Hall–Kier alpha value is -1.99. The number of carbonyl (C=O) groups is 1. The lowest BCUT2D eigenvalue weighted by Gasteiger charge is -2.03. The van der Waals surface area contributed by atoms with E-state index in [-0.39, 0.29) is 10.6 Å². The third-order valence-electron chi connectivity index (χ3n) is 2.22. The largest absolute Gasteiger partial charge is 0.477 e. The highest BCUT2D eigenvalue weighted by atomic mass is 32.1. The predicted octanol–water partition coefficient (Wildman–Crippen LogP) is 0.819. The van der Waals surface area contributed by atoms with Crippen molar-refractivity contribution in [2.45, 2.75) is 13.1 Å². The van der Waals surface area contributed by atoms with Gasteiger partial charge in [-0.25, -0.2) is 9.78 Å². The molecule has 7 heteroatoms. The van der Waals surface area contributed by atoms with Crippen LogP contribution in [0.2, 0.25) is 0 Å². The molecule has 0 radical (unpaired) electrons. The topological polar surface area (TPSA) is 95.1 Å². The number of aromatic amines is 1. The number of nitrogens with one attached hydrogen (secondary N) is 2. The highest BCUT2D eigenvalue weighted by molar-refractivity contribution is 7.07. The van der Waals surface area contributed by atoms with E-state index in [2.05, 4.69) is 15.3 Å². The Morgan fingerprint density at radius 2 is 2.28 bits per heavy atom. The Bertz CT molecular complexity index is 605. The van der Waals surface area contributed by atoms with Gasteiger partial charge in [-0.2, -0.15) is 0 Å². The fourth-order valence-corrected chi connectivity index (χ4v) is 2.00. The van der Waals surface area contributed by atoms with Crippen molar-refractivity contribution in [3.8, 4) is 0 Å². The van der Waals surface area contributed by atoms with Gasteiger partial charge in [-0.15, -0.1) is 0 Å². The second-order valence-electron chi connectivity index (χ2n) is 3.60. The molecule has 0 bridgehead atoms. The zero-order valence-electron chi connectivity index (χ0n) is 9.34. The van der Waals surface area contributed by atoms with E-state index < -0.39 is 5.97 Å². The maximum absolute atomic E-state index is 10.9. The summed E-state index contributed by atoms with van der Waals surface area (Å²) in [7, 11) is 0. The monoisotopic (exact) mass is 265 g/mol. The number of aromatic nitrogens is 2. The van der Waals surface area contributed by atoms with E-state index in [4.69, 9.17) is 5.11 Å². The second-order valence-corrected chi connectivity index (χ2v) is 4.44. The van der Waals surface area contributed by atoms with Crippen LogP contribution in [-0.4, -0.2) is 21.0 Å². The van der Waals surface area contributed by atoms with Gasteiger partial charge in [-0.1, -0.05) is 17.4 Å². The smallest absolute Gasteiger partial charge is 0.354 e. The van der Waals surface area contributed by atoms with E-state index in [9.17, 15) is 9.59 Å². The molecule has 0 saturated carbocycles. The zero-order valence-corrected chi connectivity index (χ0v) is 10.2. The average Bonchev–Trinajstić information content (AvgIpc) is 2.75. The summed E-state index contributed by atoms with van der Waals surface area (Å²) in [6, 6.07) is 4.85. The summed E-state index contributed by atoms with van der Waals surface area (Å²) < 4.78 is 0. The molecule has 2 aromatic rings. The summed E-state index contributed by atoms with van der Waals surface area (Å²) in [4.78, 5) is 28.2. The van der Waals surface area contributed by atoms with Gasteiger partial charge >= 0.3 is 10.8 Å². The fraction of sp³-hybridized carbons (Fsp3) is 0.182. The van der Waals surface area contributed by atoms with Gasteiger partial charge in [0, 0.05) is 24.2 Å². The SMILES string of the molecule is O=C(O)c1cccc(CNCc2csc(=O)[nH]2)n1. The van der Waals surface area contributed by atoms with Crippen molar-refractivity contribution >= 4 is 17.3 Å². The average molecular weight is 265 g/mol. The molecule has 0 aliphatic carbocycles. The number of rotatable bonds is 5. The van der Waals surface area contributed by atoms with Crippen LogP contribution in [-0.2, 0) is 13.1 Å². The van der Waals surface area contributed by atoms with Gasteiger partial charge < -0.3 is 15.4 Å². The molecule has 0 spiro atoms. The first kappa shape index (κ1) is 12.5. The van der Waals surface area contributed by atoms with Gasteiger partial charge in [-0.05, 0) is 12.1 Å². The Morgan fingerprint density at radius 3 is 2.94 bits per heavy atom. The molecule has 0 aliphatic rings. The van der Waals surface area contributed by atoms with Crippen LogP contribution in [0.4, 0.5) is 0 Å². The minimum atomic E-state index is -1.04. The van der Waals surface area contributed by atoms with Crippen LogP contribution < -0.4 is 10.2 Å². The summed E-state index contributed by atoms with van der Waals surface area (Å²) in [5.74, 6) is -1.04. The van der Waals surface area contributed by atoms with Crippen molar-refractivity contribution in [3.05, 3.63) is 50.3 Å². The molecule has 0 aliphatic heterocycles. The van der Waals surface area contributed by atoms with Crippen LogP contribution in [0.3, 0.4) is 0 Å². The number of carboxylic acid groups (broad SMARTS) is 1. The molecule has 0 amide bonds. The van der Waals surface area contributed by atoms with Crippen LogP contribution in [0.5, 0.6) is 0 Å². The highest BCUT2D eigenvalue weighted by Crippen LogP contribution is 2.00. The maximum atomic E-state index is 10.9. The van der Waals surface area contributed by atoms with Crippen molar-refractivity contribution in [3.63, 3.8) is 0 Å². The van der Waals surface area contributed by atoms with Gasteiger partial charge in [0.05, 0.1) is 5.69 Å². The molecule has 2 aromatic heterocycles. The molecule has 0 atom stereocenters. The zero-order chi connectivity index (χ0) is 13.0. The van der Waals surface area contributed by atoms with Gasteiger partial charge in [0.25, 0.3) is 0 Å². The van der Waals surface area contributed by atoms with Crippen molar-refractivity contribution in [1.82, 2.24) is 15.3 Å². The van der Waals surface area contributed by atoms with E-state index in [0.717, 1.165) is 17.0 Å². The summed E-state index contributed by atoms with van der Waals surface area (Å²) >= 11 is 1.11. The molecular formula is C11H11N3O3S. The van der Waals surface area contributed by atoms with Crippen molar-refractivity contribution in [2.24, 2.45) is 0 Å². The number of aromatic carboxylic acids is 1. The molecule has 2 rings (SSSR count). The van der Waals surface area contributed by atoms with Crippen LogP contribution >= 0.6 is 11.3 Å². The van der Waals surface area contributed by atoms with Crippen molar-refractivity contribution < 1.29 is 9.90 Å². The Kier molecular flexibility index (Phi) is 3.85. The summed E-state index contributed by atoms with van der Waals surface area (Å²) in [5.41, 5.74) is 1.48. The van der Waals surface area contributed by atoms with Gasteiger partial charge in [0.15, 0.2) is 0 Å². The third kappa shape index (κ3) is 3.25. The Morgan fingerprint density at radius 1 is 1.44 bits per heavy atom. The summed E-state index contributed by atoms with van der Waals surface area (Å²) in [6.07, 6.45) is 0. The second kappa shape index (κ2) is 5.56. The van der Waals surface area contributed by atoms with Gasteiger partial charge in [0.1, 0.15) is 5.69 Å². The molecule has 0 saturated heterocycles. The molecule has 0 fully saturated rings. The van der Waals surface area contributed by atoms with Crippen molar-refractivity contribution in [2.75, 3.05) is 0 Å². The quantitative estimate of drug-likeness (QED) is 0.744. The molecule has 94 valence electrons. The molecule has 0 unspecified atom stereocenters. The lowest BCUT2D eigenvalue weighted by Crippen LogP contribution is -2.15. The number of carboxylic acids is 1. The van der Waals surface area contributed by atoms with E-state index >= 15 is 0 Å². The number of H-pyrrole nitrogens is 1. The Labute approximate surface area is 106 Å². The first-order valence-corrected chi connectivity index (χ1v) is 6.10. The molecule has 18 heavy (non-hydrogen) atoms. The number of nitrogens with zero attached hydrogens (tertiary/aromatic N) is 1. The van der Waals surface area contributed by atoms with Crippen LogP contribution in [0.15, 0.2) is 28.4 Å². The predicted molar refractivity (Wildman–Crippen MR) is 66.7 cm³/mol. The highest BCUT2D eigenvalue weighted by Gasteiger charge is 2.04. The lowest BCUT2D eigenvalue weighted by molar-refractivity contribution is 0.0690. The number of hydrogen-bond acceptors (Lipinski definition) is 5. The number of hydrogen-bond donors (Lipinski definition) is 3. The first-order valence-electron chi connectivity index (χ1n) is 5.22. The normalized spacial score (nSPS) is 10.4. The maximum Gasteiger partial charge on any atom is 0.354 e. The van der Waals surface area contributed by atoms with Gasteiger partial charge in [-0.3, -0.25) is 4.79 Å². The standard InChI is InChI=1S/C11H11N3O3S/c15-10(16)9-3-1-2-7(13-9)4-12-5-8-6-18-11(17)14-8/h1-3,6,12H,4-5H2,(H,14,17)(H,15,16). The van der Waals surface area contributed by atoms with E-state index in [1.165, 1.54) is 6.07 Å².